The summed E-state index contributed by atoms with van der Waals surface area (Å²) >= 11 is 1.43. The molecule has 0 amide bonds. The molecule has 8 heteroatoms. The molecule has 1 aromatic carbocycles. The van der Waals surface area contributed by atoms with Crippen molar-refractivity contribution < 1.29 is 14.2 Å². The van der Waals surface area contributed by atoms with E-state index < -0.39 is 21.8 Å². The van der Waals surface area contributed by atoms with Crippen molar-refractivity contribution in [2.24, 2.45) is 21.6 Å². The molecule has 1 aliphatic carbocycles. The van der Waals surface area contributed by atoms with Crippen LogP contribution in [0.5, 0.6) is 11.5 Å². The van der Waals surface area contributed by atoms with Crippen molar-refractivity contribution in [1.29, 1.82) is 10.5 Å². The van der Waals surface area contributed by atoms with Crippen LogP contribution in [0.25, 0.3) is 0 Å². The number of nitrogens with zero attached hydrogens (tertiary/aromatic N) is 3. The normalized spacial score (nSPS) is 37.8. The van der Waals surface area contributed by atoms with Crippen LogP contribution in [0.1, 0.15) is 11.5 Å². The lowest BCUT2D eigenvalue weighted by atomic mass is 9.95. The van der Waals surface area contributed by atoms with Crippen molar-refractivity contribution in [2.45, 2.75) is 11.0 Å². The zero-order valence-electron chi connectivity index (χ0n) is 13.8. The molecule has 3 aliphatic rings. The van der Waals surface area contributed by atoms with Crippen molar-refractivity contribution in [2.75, 3.05) is 26.6 Å². The van der Waals surface area contributed by atoms with Gasteiger partial charge in [0.1, 0.15) is 22.7 Å². The Hall–Kier alpha value is -2.42. The summed E-state index contributed by atoms with van der Waals surface area (Å²) < 4.78 is 16.6. The molecule has 2 fully saturated rings. The van der Waals surface area contributed by atoms with Crippen LogP contribution in [0.2, 0.25) is 0 Å². The third-order valence-corrected chi connectivity index (χ3v) is 6.65. The molecule has 4 rings (SSSR count). The fourth-order valence-corrected chi connectivity index (χ4v) is 5.57. The molecule has 0 bridgehead atoms. The van der Waals surface area contributed by atoms with Crippen molar-refractivity contribution in [1.82, 2.24) is 0 Å². The fourth-order valence-electron chi connectivity index (χ4n) is 4.24. The number of benzene rings is 1. The molecule has 2 aliphatic heterocycles. The Morgan fingerprint density at radius 2 is 2.12 bits per heavy atom. The van der Waals surface area contributed by atoms with Crippen LogP contribution in [0.3, 0.4) is 0 Å². The van der Waals surface area contributed by atoms with Gasteiger partial charge in [-0.2, -0.15) is 10.5 Å². The van der Waals surface area contributed by atoms with Crippen LogP contribution in [-0.2, 0) is 4.74 Å². The number of fused-ring (bicyclic) bond motifs is 2. The highest BCUT2D eigenvalue weighted by atomic mass is 32.2. The van der Waals surface area contributed by atoms with E-state index in [9.17, 15) is 10.5 Å². The number of amidine groups is 1. The third-order valence-electron chi connectivity index (χ3n) is 5.36. The summed E-state index contributed by atoms with van der Waals surface area (Å²) in [5.41, 5.74) is 4.54. The van der Waals surface area contributed by atoms with Gasteiger partial charge in [-0.05, 0) is 6.07 Å². The van der Waals surface area contributed by atoms with Gasteiger partial charge < -0.3 is 19.9 Å². The summed E-state index contributed by atoms with van der Waals surface area (Å²) in [5, 5.41) is 19.0. The average molecular weight is 356 g/mol. The van der Waals surface area contributed by atoms with Gasteiger partial charge in [0.25, 0.3) is 0 Å². The molecular formula is C17H16N4O3S. The minimum absolute atomic E-state index is 0.161. The number of hydrogen-bond donors (Lipinski definition) is 1. The molecular weight excluding hydrogens is 340 g/mol. The van der Waals surface area contributed by atoms with Gasteiger partial charge in [-0.1, -0.05) is 17.8 Å². The van der Waals surface area contributed by atoms with E-state index in [0.717, 1.165) is 5.56 Å². The molecule has 0 radical (unpaired) electrons. The molecule has 2 N–H and O–H groups in total. The number of nitriles is 2. The molecule has 0 aromatic heterocycles. The quantitative estimate of drug-likeness (QED) is 0.875. The van der Waals surface area contributed by atoms with E-state index >= 15 is 0 Å². The van der Waals surface area contributed by atoms with E-state index in [1.165, 1.54) is 11.8 Å². The molecule has 1 saturated carbocycles. The fraction of sp³-hybridized carbons (Fsp3) is 0.471. The van der Waals surface area contributed by atoms with Gasteiger partial charge in [0.2, 0.25) is 5.06 Å². The maximum atomic E-state index is 10.1. The highest BCUT2D eigenvalue weighted by Crippen LogP contribution is 2.84. The summed E-state index contributed by atoms with van der Waals surface area (Å²) in [6.07, 6.45) is 0. The van der Waals surface area contributed by atoms with Crippen LogP contribution >= 0.6 is 11.8 Å². The zero-order valence-corrected chi connectivity index (χ0v) is 14.6. The van der Waals surface area contributed by atoms with Crippen molar-refractivity contribution in [3.63, 3.8) is 0 Å². The van der Waals surface area contributed by atoms with Gasteiger partial charge >= 0.3 is 0 Å². The summed E-state index contributed by atoms with van der Waals surface area (Å²) in [7, 11) is 3.11. The number of nitrogens with two attached hydrogens (primary N) is 1. The Kier molecular flexibility index (Phi) is 3.24. The topological polar surface area (TPSA) is 114 Å². The van der Waals surface area contributed by atoms with Crippen molar-refractivity contribution >= 4 is 17.6 Å². The smallest absolute Gasteiger partial charge is 0.230 e. The standard InChI is InChI=1S/C17H16N4O3S/c1-22-10-3-4-11(12(7-10)23-2)13-15(8-18)14(20)21-17(16(13,15)9-19)24-5-6-25-17/h3-4,7,13H,5-6H2,1-2H3,(H2,20,21)/t13-,15-,16-,17-/m1/s1. The van der Waals surface area contributed by atoms with E-state index in [-0.39, 0.29) is 5.84 Å². The minimum atomic E-state index is -1.21. The highest BCUT2D eigenvalue weighted by molar-refractivity contribution is 8.00. The number of aliphatic imine (C=N–C) groups is 1. The predicted octanol–water partition coefficient (Wildman–Crippen LogP) is 1.61. The monoisotopic (exact) mass is 356 g/mol. The summed E-state index contributed by atoms with van der Waals surface area (Å²) in [6, 6.07) is 9.96. The molecule has 2 heterocycles. The van der Waals surface area contributed by atoms with Crippen molar-refractivity contribution in [3.05, 3.63) is 23.8 Å². The van der Waals surface area contributed by atoms with Crippen LogP contribution in [0.4, 0.5) is 0 Å². The van der Waals surface area contributed by atoms with Gasteiger partial charge in [-0.15, -0.1) is 0 Å². The Morgan fingerprint density at radius 1 is 1.32 bits per heavy atom. The molecule has 4 atom stereocenters. The Labute approximate surface area is 149 Å². The zero-order chi connectivity index (χ0) is 17.9. The molecule has 1 saturated heterocycles. The van der Waals surface area contributed by atoms with E-state index in [2.05, 4.69) is 17.1 Å². The number of hydrogen-bond acceptors (Lipinski definition) is 8. The van der Waals surface area contributed by atoms with E-state index in [1.54, 1.807) is 26.4 Å². The molecule has 25 heavy (non-hydrogen) atoms. The SMILES string of the molecule is COc1ccc([C@H]2[C@@]3(C#N)[C@@]4(N=C(N)[C@@]23C#N)OCCS4)c(OC)c1. The Bertz CT molecular complexity index is 868. The van der Waals surface area contributed by atoms with Gasteiger partial charge in [0, 0.05) is 23.3 Å². The van der Waals surface area contributed by atoms with Crippen LogP contribution < -0.4 is 15.2 Å². The largest absolute Gasteiger partial charge is 0.497 e. The molecule has 128 valence electrons. The average Bonchev–Trinajstić information content (AvgIpc) is 2.88. The summed E-state index contributed by atoms with van der Waals surface area (Å²) in [5.74, 6) is 1.57. The first-order valence-corrected chi connectivity index (χ1v) is 8.73. The third kappa shape index (κ3) is 1.57. The molecule has 7 nitrogen and oxygen atoms in total. The second kappa shape index (κ2) is 5.04. The maximum Gasteiger partial charge on any atom is 0.230 e. The molecule has 0 unspecified atom stereocenters. The second-order valence-electron chi connectivity index (χ2n) is 6.16. The maximum absolute atomic E-state index is 10.1. The van der Waals surface area contributed by atoms with E-state index in [0.29, 0.717) is 23.9 Å². The first kappa shape index (κ1) is 16.1. The number of methoxy groups -OCH3 is 2. The minimum Gasteiger partial charge on any atom is -0.497 e. The predicted molar refractivity (Wildman–Crippen MR) is 91.1 cm³/mol. The molecule has 1 spiro atoms. The summed E-state index contributed by atoms with van der Waals surface area (Å²) in [4.78, 5) is 4.43. The first-order valence-electron chi connectivity index (χ1n) is 7.75. The highest BCUT2D eigenvalue weighted by Gasteiger charge is 2.93. The van der Waals surface area contributed by atoms with E-state index in [1.807, 2.05) is 6.07 Å². The lowest BCUT2D eigenvalue weighted by Crippen LogP contribution is -2.34. The molecule has 1 aromatic rings. The van der Waals surface area contributed by atoms with Crippen LogP contribution in [0, 0.1) is 33.5 Å². The number of rotatable bonds is 3. The lowest BCUT2D eigenvalue weighted by Gasteiger charge is -2.26. The Morgan fingerprint density at radius 3 is 2.68 bits per heavy atom. The van der Waals surface area contributed by atoms with Gasteiger partial charge in [-0.25, -0.2) is 4.99 Å². The lowest BCUT2D eigenvalue weighted by molar-refractivity contribution is 0.0200. The summed E-state index contributed by atoms with van der Waals surface area (Å²) in [6.45, 7) is 0.471. The Balaban J connectivity index is 1.92. The second-order valence-corrected chi connectivity index (χ2v) is 7.41. The van der Waals surface area contributed by atoms with Gasteiger partial charge in [0.05, 0.1) is 33.0 Å². The van der Waals surface area contributed by atoms with Gasteiger partial charge in [-0.3, -0.25) is 0 Å². The van der Waals surface area contributed by atoms with Crippen LogP contribution in [-0.4, -0.2) is 37.5 Å². The van der Waals surface area contributed by atoms with Crippen LogP contribution in [0.15, 0.2) is 23.2 Å². The van der Waals surface area contributed by atoms with Crippen molar-refractivity contribution in [3.8, 4) is 23.6 Å². The number of ether oxygens (including phenoxy) is 3. The van der Waals surface area contributed by atoms with Gasteiger partial charge in [0.15, 0.2) is 5.41 Å². The van der Waals surface area contributed by atoms with E-state index in [4.69, 9.17) is 19.9 Å². The first-order chi connectivity index (χ1) is 12.1. The number of thioether (sulfide) groups is 1.